The number of aryl methyl sites for hydroxylation is 1. The van der Waals surface area contributed by atoms with Gasteiger partial charge in [0.2, 0.25) is 5.82 Å². The fourth-order valence-corrected chi connectivity index (χ4v) is 1.96. The van der Waals surface area contributed by atoms with Crippen molar-refractivity contribution in [2.45, 2.75) is 6.92 Å². The Morgan fingerprint density at radius 3 is 2.21 bits per heavy atom. The molecule has 1 fully saturated rings. The maximum Gasteiger partial charge on any atom is 0.319 e. The fraction of sp³-hybridized carbons (Fsp3) is 0.636. The van der Waals surface area contributed by atoms with Crippen molar-refractivity contribution in [2.24, 2.45) is 0 Å². The third-order valence-corrected chi connectivity index (χ3v) is 3.01. The Labute approximate surface area is 111 Å². The van der Waals surface area contributed by atoms with Gasteiger partial charge >= 0.3 is 6.03 Å². The summed E-state index contributed by atoms with van der Waals surface area (Å²) >= 11 is 0. The highest BCUT2D eigenvalue weighted by Gasteiger charge is 2.27. The monoisotopic (exact) mass is 266 g/mol. The molecule has 0 bridgehead atoms. The zero-order valence-corrected chi connectivity index (χ0v) is 11.4. The van der Waals surface area contributed by atoms with Crippen LogP contribution >= 0.6 is 0 Å². The van der Waals surface area contributed by atoms with Crippen LogP contribution in [0.3, 0.4) is 0 Å². The second-order valence-electron chi connectivity index (χ2n) is 4.70. The topological polar surface area (TPSA) is 85.4 Å². The first-order valence-electron chi connectivity index (χ1n) is 6.13. The highest BCUT2D eigenvalue weighted by atomic mass is 16.2. The molecule has 0 aliphatic carbocycles. The molecule has 0 unspecified atom stereocenters. The van der Waals surface area contributed by atoms with Gasteiger partial charge in [-0.3, -0.25) is 9.89 Å². The highest BCUT2D eigenvalue weighted by Crippen LogP contribution is 2.07. The number of urea groups is 1. The van der Waals surface area contributed by atoms with Crippen molar-refractivity contribution in [3.05, 3.63) is 11.6 Å². The van der Waals surface area contributed by atoms with Crippen LogP contribution in [0.25, 0.3) is 0 Å². The predicted molar refractivity (Wildman–Crippen MR) is 67.7 cm³/mol. The van der Waals surface area contributed by atoms with E-state index in [0.717, 1.165) is 0 Å². The molecule has 1 aromatic heterocycles. The molecule has 19 heavy (non-hydrogen) atoms. The quantitative estimate of drug-likeness (QED) is 0.746. The van der Waals surface area contributed by atoms with Crippen LogP contribution in [-0.2, 0) is 0 Å². The highest BCUT2D eigenvalue weighted by molar-refractivity contribution is 5.90. The third-order valence-electron chi connectivity index (χ3n) is 3.01. The third kappa shape index (κ3) is 2.83. The fourth-order valence-electron chi connectivity index (χ4n) is 1.96. The van der Waals surface area contributed by atoms with Crippen LogP contribution in [0.5, 0.6) is 0 Å². The molecule has 0 spiro atoms. The number of hydrogen-bond acceptors (Lipinski definition) is 4. The minimum Gasteiger partial charge on any atom is -0.332 e. The summed E-state index contributed by atoms with van der Waals surface area (Å²) < 4.78 is 0. The zero-order valence-electron chi connectivity index (χ0n) is 11.4. The predicted octanol–water partition coefficient (Wildman–Crippen LogP) is -0.447. The number of aromatic amines is 1. The van der Waals surface area contributed by atoms with E-state index in [4.69, 9.17) is 0 Å². The summed E-state index contributed by atoms with van der Waals surface area (Å²) in [5.41, 5.74) is 0. The Kier molecular flexibility index (Phi) is 3.68. The molecule has 2 heterocycles. The van der Waals surface area contributed by atoms with Crippen molar-refractivity contribution in [3.63, 3.8) is 0 Å². The Bertz CT molecular complexity index is 475. The molecule has 8 heteroatoms. The summed E-state index contributed by atoms with van der Waals surface area (Å²) in [6, 6.07) is -0.0270. The SMILES string of the molecule is Cc1nc(C(=O)N2CCN(C(=O)N(C)C)CC2)n[nH]1. The molecule has 1 N–H and O–H groups in total. The van der Waals surface area contributed by atoms with Crippen molar-refractivity contribution in [2.75, 3.05) is 40.3 Å². The largest absolute Gasteiger partial charge is 0.332 e. The van der Waals surface area contributed by atoms with E-state index in [9.17, 15) is 9.59 Å². The van der Waals surface area contributed by atoms with E-state index in [1.807, 2.05) is 0 Å². The van der Waals surface area contributed by atoms with Gasteiger partial charge in [-0.1, -0.05) is 0 Å². The van der Waals surface area contributed by atoms with Gasteiger partial charge in [0, 0.05) is 40.3 Å². The molecule has 2 rings (SSSR count). The van der Waals surface area contributed by atoms with Crippen LogP contribution in [0, 0.1) is 6.92 Å². The average molecular weight is 266 g/mol. The standard InChI is InChI=1S/C11H18N6O2/c1-8-12-9(14-13-8)10(18)16-4-6-17(7-5-16)11(19)15(2)3/h4-7H2,1-3H3,(H,12,13,14). The maximum absolute atomic E-state index is 12.1. The van der Waals surface area contributed by atoms with Crippen molar-refractivity contribution < 1.29 is 9.59 Å². The summed E-state index contributed by atoms with van der Waals surface area (Å²) in [6.45, 7) is 3.83. The molecule has 1 saturated heterocycles. The molecule has 104 valence electrons. The molecule has 3 amide bonds. The zero-order chi connectivity index (χ0) is 14.0. The summed E-state index contributed by atoms with van der Waals surface area (Å²) in [6.07, 6.45) is 0. The summed E-state index contributed by atoms with van der Waals surface area (Å²) in [4.78, 5) is 32.8. The van der Waals surface area contributed by atoms with Gasteiger partial charge in [-0.2, -0.15) is 0 Å². The first-order valence-corrected chi connectivity index (χ1v) is 6.13. The normalized spacial score (nSPS) is 15.5. The number of H-pyrrole nitrogens is 1. The van der Waals surface area contributed by atoms with Crippen LogP contribution in [0.4, 0.5) is 4.79 Å². The Balaban J connectivity index is 1.93. The lowest BCUT2D eigenvalue weighted by molar-refractivity contribution is 0.0639. The van der Waals surface area contributed by atoms with Gasteiger partial charge in [0.25, 0.3) is 5.91 Å². The van der Waals surface area contributed by atoms with E-state index in [1.54, 1.807) is 30.8 Å². The van der Waals surface area contributed by atoms with Crippen molar-refractivity contribution in [1.82, 2.24) is 29.9 Å². The molecule has 0 aromatic carbocycles. The Morgan fingerprint density at radius 2 is 1.74 bits per heavy atom. The molecule has 0 atom stereocenters. The molecular formula is C11H18N6O2. The summed E-state index contributed by atoms with van der Waals surface area (Å²) in [5.74, 6) is 0.607. The number of amides is 3. The van der Waals surface area contributed by atoms with Crippen LogP contribution in [-0.4, -0.2) is 82.1 Å². The van der Waals surface area contributed by atoms with E-state index in [-0.39, 0.29) is 17.8 Å². The van der Waals surface area contributed by atoms with Gasteiger partial charge in [-0.05, 0) is 6.92 Å². The van der Waals surface area contributed by atoms with Crippen LogP contribution in [0.15, 0.2) is 0 Å². The molecule has 0 radical (unpaired) electrons. The molecular weight excluding hydrogens is 248 g/mol. The number of carbonyl (C=O) groups is 2. The molecule has 0 saturated carbocycles. The van der Waals surface area contributed by atoms with Crippen molar-refractivity contribution in [3.8, 4) is 0 Å². The van der Waals surface area contributed by atoms with Gasteiger partial charge in [0.15, 0.2) is 0 Å². The van der Waals surface area contributed by atoms with Crippen LogP contribution < -0.4 is 0 Å². The number of nitrogens with zero attached hydrogens (tertiary/aromatic N) is 5. The number of nitrogens with one attached hydrogen (secondary N) is 1. The van der Waals surface area contributed by atoms with Crippen LogP contribution in [0.2, 0.25) is 0 Å². The first kappa shape index (κ1) is 13.3. The van der Waals surface area contributed by atoms with E-state index in [2.05, 4.69) is 15.2 Å². The second-order valence-corrected chi connectivity index (χ2v) is 4.70. The lowest BCUT2D eigenvalue weighted by atomic mass is 10.3. The Morgan fingerprint density at radius 1 is 1.16 bits per heavy atom. The van der Waals surface area contributed by atoms with E-state index in [0.29, 0.717) is 32.0 Å². The van der Waals surface area contributed by atoms with E-state index < -0.39 is 0 Å². The van der Waals surface area contributed by atoms with Gasteiger partial charge in [0.1, 0.15) is 5.82 Å². The van der Waals surface area contributed by atoms with Gasteiger partial charge in [0.05, 0.1) is 0 Å². The molecule has 1 aliphatic rings. The summed E-state index contributed by atoms with van der Waals surface area (Å²) in [5, 5.41) is 6.51. The number of rotatable bonds is 1. The number of aromatic nitrogens is 3. The lowest BCUT2D eigenvalue weighted by Crippen LogP contribution is -2.53. The van der Waals surface area contributed by atoms with Crippen molar-refractivity contribution >= 4 is 11.9 Å². The summed E-state index contributed by atoms with van der Waals surface area (Å²) in [7, 11) is 3.44. The molecule has 8 nitrogen and oxygen atoms in total. The lowest BCUT2D eigenvalue weighted by Gasteiger charge is -2.35. The minimum atomic E-state index is -0.193. The molecule has 1 aromatic rings. The first-order chi connectivity index (χ1) is 8.99. The van der Waals surface area contributed by atoms with Gasteiger partial charge in [-0.15, -0.1) is 5.10 Å². The van der Waals surface area contributed by atoms with Crippen LogP contribution in [0.1, 0.15) is 16.4 Å². The van der Waals surface area contributed by atoms with Gasteiger partial charge < -0.3 is 14.7 Å². The second kappa shape index (κ2) is 5.25. The average Bonchev–Trinajstić information content (AvgIpc) is 2.84. The Hall–Kier alpha value is -2.12. The number of carbonyl (C=O) groups excluding carboxylic acids is 2. The van der Waals surface area contributed by atoms with E-state index >= 15 is 0 Å². The minimum absolute atomic E-state index is 0.0270. The molecule has 1 aliphatic heterocycles. The van der Waals surface area contributed by atoms with Gasteiger partial charge in [-0.25, -0.2) is 9.78 Å². The number of piperazine rings is 1. The smallest absolute Gasteiger partial charge is 0.319 e. The van der Waals surface area contributed by atoms with Crippen molar-refractivity contribution in [1.29, 1.82) is 0 Å². The number of hydrogen-bond donors (Lipinski definition) is 1. The maximum atomic E-state index is 12.1. The van der Waals surface area contributed by atoms with E-state index in [1.165, 1.54) is 4.90 Å².